The SMILES string of the molecule is COc1cc(Oc2ccc(S(C)(=O)=O)cc2)cc(C(C)=O)c1. The molecule has 0 aromatic heterocycles. The molecule has 0 radical (unpaired) electrons. The Morgan fingerprint density at radius 2 is 1.55 bits per heavy atom. The number of carbonyl (C=O) groups excluding carboxylic acids is 1. The highest BCUT2D eigenvalue weighted by atomic mass is 32.2. The van der Waals surface area contributed by atoms with Gasteiger partial charge in [-0.25, -0.2) is 8.42 Å². The van der Waals surface area contributed by atoms with Gasteiger partial charge in [0.05, 0.1) is 12.0 Å². The fourth-order valence-corrected chi connectivity index (χ4v) is 2.47. The molecular formula is C16H16O5S. The number of sulfone groups is 1. The molecule has 0 N–H and O–H groups in total. The highest BCUT2D eigenvalue weighted by Gasteiger charge is 2.09. The van der Waals surface area contributed by atoms with Crippen molar-refractivity contribution in [1.29, 1.82) is 0 Å². The molecule has 116 valence electrons. The average Bonchev–Trinajstić information content (AvgIpc) is 2.46. The fourth-order valence-electron chi connectivity index (χ4n) is 1.84. The van der Waals surface area contributed by atoms with E-state index in [1.54, 1.807) is 30.3 Å². The van der Waals surface area contributed by atoms with E-state index in [0.717, 1.165) is 6.26 Å². The molecule has 22 heavy (non-hydrogen) atoms. The molecule has 2 aromatic rings. The van der Waals surface area contributed by atoms with Crippen molar-refractivity contribution in [3.05, 3.63) is 48.0 Å². The third-order valence-corrected chi connectivity index (χ3v) is 4.14. The first-order valence-corrected chi connectivity index (χ1v) is 8.37. The normalized spacial score (nSPS) is 11.0. The number of benzene rings is 2. The highest BCUT2D eigenvalue weighted by Crippen LogP contribution is 2.28. The minimum absolute atomic E-state index is 0.101. The van der Waals surface area contributed by atoms with Crippen LogP contribution in [0.2, 0.25) is 0 Å². The quantitative estimate of drug-likeness (QED) is 0.792. The fraction of sp³-hybridized carbons (Fsp3) is 0.188. The third kappa shape index (κ3) is 3.85. The van der Waals surface area contributed by atoms with Crippen LogP contribution in [0.5, 0.6) is 17.2 Å². The number of methoxy groups -OCH3 is 1. The largest absolute Gasteiger partial charge is 0.497 e. The minimum Gasteiger partial charge on any atom is -0.497 e. The van der Waals surface area contributed by atoms with Crippen LogP contribution in [0.4, 0.5) is 0 Å². The summed E-state index contributed by atoms with van der Waals surface area (Å²) < 4.78 is 33.6. The lowest BCUT2D eigenvalue weighted by Gasteiger charge is -2.10. The summed E-state index contributed by atoms with van der Waals surface area (Å²) in [6.45, 7) is 1.46. The van der Waals surface area contributed by atoms with Gasteiger partial charge in [-0.15, -0.1) is 0 Å². The molecule has 0 aliphatic rings. The Labute approximate surface area is 129 Å². The number of rotatable bonds is 5. The standard InChI is InChI=1S/C16H16O5S/c1-11(17)12-8-14(20-2)10-15(9-12)21-13-4-6-16(7-5-13)22(3,18)19/h4-10H,1-3H3. The number of hydrogen-bond donors (Lipinski definition) is 0. The van der Waals surface area contributed by atoms with Crippen molar-refractivity contribution in [3.63, 3.8) is 0 Å². The zero-order chi connectivity index (χ0) is 16.3. The molecule has 6 heteroatoms. The van der Waals surface area contributed by atoms with E-state index in [1.807, 2.05) is 0 Å². The smallest absolute Gasteiger partial charge is 0.175 e. The van der Waals surface area contributed by atoms with Gasteiger partial charge in [0, 0.05) is 17.9 Å². The Morgan fingerprint density at radius 1 is 0.955 bits per heavy atom. The number of ketones is 1. The molecule has 0 heterocycles. The summed E-state index contributed by atoms with van der Waals surface area (Å²) in [6.07, 6.45) is 1.14. The van der Waals surface area contributed by atoms with Crippen LogP contribution in [-0.2, 0) is 9.84 Å². The average molecular weight is 320 g/mol. The lowest BCUT2D eigenvalue weighted by molar-refractivity contribution is 0.101. The van der Waals surface area contributed by atoms with Crippen molar-refractivity contribution in [1.82, 2.24) is 0 Å². The third-order valence-electron chi connectivity index (χ3n) is 3.01. The van der Waals surface area contributed by atoms with Crippen LogP contribution in [0.1, 0.15) is 17.3 Å². The van der Waals surface area contributed by atoms with Gasteiger partial charge in [-0.3, -0.25) is 4.79 Å². The maximum absolute atomic E-state index is 11.5. The van der Waals surface area contributed by atoms with Crippen molar-refractivity contribution in [2.45, 2.75) is 11.8 Å². The second-order valence-corrected chi connectivity index (χ2v) is 6.81. The second-order valence-electron chi connectivity index (χ2n) is 4.80. The first-order chi connectivity index (χ1) is 10.3. The van der Waals surface area contributed by atoms with Crippen LogP contribution in [0.15, 0.2) is 47.4 Å². The summed E-state index contributed by atoms with van der Waals surface area (Å²) >= 11 is 0. The van der Waals surface area contributed by atoms with E-state index >= 15 is 0 Å². The maximum Gasteiger partial charge on any atom is 0.175 e. The molecule has 0 bridgehead atoms. The van der Waals surface area contributed by atoms with E-state index in [0.29, 0.717) is 22.8 Å². The monoisotopic (exact) mass is 320 g/mol. The summed E-state index contributed by atoms with van der Waals surface area (Å²) in [5.74, 6) is 1.32. The summed E-state index contributed by atoms with van der Waals surface area (Å²) in [4.78, 5) is 11.7. The molecule has 0 spiro atoms. The van der Waals surface area contributed by atoms with E-state index in [-0.39, 0.29) is 10.7 Å². The number of carbonyl (C=O) groups is 1. The Bertz CT molecular complexity index is 792. The molecule has 5 nitrogen and oxygen atoms in total. The predicted octanol–water partition coefficient (Wildman–Crippen LogP) is 3.09. The molecule has 0 unspecified atom stereocenters. The van der Waals surface area contributed by atoms with Gasteiger partial charge in [0.15, 0.2) is 15.6 Å². The van der Waals surface area contributed by atoms with Crippen molar-refractivity contribution in [2.24, 2.45) is 0 Å². The molecule has 0 aliphatic carbocycles. The second kappa shape index (κ2) is 6.19. The zero-order valence-corrected chi connectivity index (χ0v) is 13.3. The van der Waals surface area contributed by atoms with Crippen molar-refractivity contribution < 1.29 is 22.7 Å². The predicted molar refractivity (Wildman–Crippen MR) is 82.6 cm³/mol. The number of hydrogen-bond acceptors (Lipinski definition) is 5. The number of Topliss-reactive ketones (excluding diaryl/α,β-unsaturated/α-hetero) is 1. The van der Waals surface area contributed by atoms with Crippen LogP contribution in [0.25, 0.3) is 0 Å². The highest BCUT2D eigenvalue weighted by molar-refractivity contribution is 7.90. The van der Waals surface area contributed by atoms with Crippen LogP contribution in [-0.4, -0.2) is 27.6 Å². The molecule has 0 fully saturated rings. The van der Waals surface area contributed by atoms with Crippen LogP contribution >= 0.6 is 0 Å². The van der Waals surface area contributed by atoms with E-state index in [2.05, 4.69) is 0 Å². The molecule has 2 aromatic carbocycles. The van der Waals surface area contributed by atoms with Crippen molar-refractivity contribution >= 4 is 15.6 Å². The van der Waals surface area contributed by atoms with E-state index < -0.39 is 9.84 Å². The van der Waals surface area contributed by atoms with E-state index in [1.165, 1.54) is 26.2 Å². The van der Waals surface area contributed by atoms with Gasteiger partial charge >= 0.3 is 0 Å². The van der Waals surface area contributed by atoms with Gasteiger partial charge in [0.1, 0.15) is 17.2 Å². The van der Waals surface area contributed by atoms with E-state index in [4.69, 9.17) is 9.47 Å². The van der Waals surface area contributed by atoms with Crippen molar-refractivity contribution in [3.8, 4) is 17.2 Å². The van der Waals surface area contributed by atoms with Gasteiger partial charge in [0.2, 0.25) is 0 Å². The summed E-state index contributed by atoms with van der Waals surface area (Å²) in [5.41, 5.74) is 0.474. The molecule has 0 saturated heterocycles. The maximum atomic E-state index is 11.5. The van der Waals surface area contributed by atoms with Crippen LogP contribution < -0.4 is 9.47 Å². The van der Waals surface area contributed by atoms with Gasteiger partial charge in [-0.05, 0) is 43.3 Å². The molecule has 0 saturated carbocycles. The summed E-state index contributed by atoms with van der Waals surface area (Å²) in [5, 5.41) is 0. The summed E-state index contributed by atoms with van der Waals surface area (Å²) in [7, 11) is -1.74. The Morgan fingerprint density at radius 3 is 2.05 bits per heavy atom. The molecule has 0 aliphatic heterocycles. The lowest BCUT2D eigenvalue weighted by atomic mass is 10.1. The van der Waals surface area contributed by atoms with Gasteiger partial charge < -0.3 is 9.47 Å². The Balaban J connectivity index is 2.30. The molecule has 0 atom stereocenters. The first kappa shape index (κ1) is 16.0. The lowest BCUT2D eigenvalue weighted by Crippen LogP contribution is -1.97. The Kier molecular flexibility index (Phi) is 4.51. The summed E-state index contributed by atoms with van der Waals surface area (Å²) in [6, 6.07) is 10.9. The molecule has 0 amide bonds. The Hall–Kier alpha value is -2.34. The first-order valence-electron chi connectivity index (χ1n) is 6.47. The molecule has 2 rings (SSSR count). The minimum atomic E-state index is -3.24. The van der Waals surface area contributed by atoms with Crippen LogP contribution in [0, 0.1) is 0 Å². The molecular weight excluding hydrogens is 304 g/mol. The topological polar surface area (TPSA) is 69.7 Å². The van der Waals surface area contributed by atoms with Crippen molar-refractivity contribution in [2.75, 3.05) is 13.4 Å². The van der Waals surface area contributed by atoms with E-state index in [9.17, 15) is 13.2 Å². The van der Waals surface area contributed by atoms with Crippen LogP contribution in [0.3, 0.4) is 0 Å². The zero-order valence-electron chi connectivity index (χ0n) is 12.5. The van der Waals surface area contributed by atoms with Gasteiger partial charge in [-0.1, -0.05) is 0 Å². The van der Waals surface area contributed by atoms with Gasteiger partial charge in [-0.2, -0.15) is 0 Å². The van der Waals surface area contributed by atoms with Gasteiger partial charge in [0.25, 0.3) is 0 Å². The number of ether oxygens (including phenoxy) is 2.